The van der Waals surface area contributed by atoms with Crippen molar-refractivity contribution in [2.75, 3.05) is 20.5 Å². The molecule has 9 heteroatoms. The van der Waals surface area contributed by atoms with E-state index in [1.807, 2.05) is 36.4 Å². The quantitative estimate of drug-likeness (QED) is 0.482. The lowest BCUT2D eigenvalue weighted by molar-refractivity contribution is -0.134. The highest BCUT2D eigenvalue weighted by Crippen LogP contribution is 2.33. The van der Waals surface area contributed by atoms with Gasteiger partial charge in [0.1, 0.15) is 11.3 Å². The first-order valence-electron chi connectivity index (χ1n) is 10.4. The number of aromatic carboxylic acids is 1. The largest absolute Gasteiger partial charge is 0.497 e. The molecule has 0 spiro atoms. The van der Waals surface area contributed by atoms with Crippen LogP contribution in [0.1, 0.15) is 21.5 Å². The van der Waals surface area contributed by atoms with Crippen molar-refractivity contribution >= 4 is 23.5 Å². The summed E-state index contributed by atoms with van der Waals surface area (Å²) in [5.41, 5.74) is 1.58. The summed E-state index contributed by atoms with van der Waals surface area (Å²) in [6, 6.07) is 17.3. The molecular formula is C25H22ClNO7. The van der Waals surface area contributed by atoms with Gasteiger partial charge in [0, 0.05) is 13.1 Å². The second kappa shape index (κ2) is 10.4. The first-order chi connectivity index (χ1) is 16.4. The molecule has 0 fully saturated rings. The summed E-state index contributed by atoms with van der Waals surface area (Å²) in [5.74, 6) is 0.346. The number of nitrogens with zero attached hydrogens (tertiary/aromatic N) is 1. The Kier molecular flexibility index (Phi) is 7.08. The highest BCUT2D eigenvalue weighted by atomic mass is 35.5. The molecular weight excluding hydrogens is 462 g/mol. The van der Waals surface area contributed by atoms with Crippen LogP contribution in [0.5, 0.6) is 23.0 Å². The van der Waals surface area contributed by atoms with E-state index < -0.39 is 12.6 Å². The van der Waals surface area contributed by atoms with Gasteiger partial charge in [-0.15, -0.1) is 0 Å². The van der Waals surface area contributed by atoms with Crippen molar-refractivity contribution in [3.05, 3.63) is 82.4 Å². The lowest BCUT2D eigenvalue weighted by atomic mass is 10.1. The molecule has 0 unspecified atom stereocenters. The molecule has 1 heterocycles. The number of carbonyl (C=O) groups excluding carboxylic acids is 1. The normalized spacial score (nSPS) is 11.7. The number of benzene rings is 3. The van der Waals surface area contributed by atoms with Crippen LogP contribution in [0.2, 0.25) is 5.02 Å². The number of fused-ring (bicyclic) bond motifs is 1. The molecule has 0 aliphatic carbocycles. The predicted octanol–water partition coefficient (Wildman–Crippen LogP) is 4.38. The second-order valence-corrected chi connectivity index (χ2v) is 7.91. The zero-order chi connectivity index (χ0) is 24.1. The minimum atomic E-state index is -1.20. The highest BCUT2D eigenvalue weighted by molar-refractivity contribution is 6.32. The third-order valence-electron chi connectivity index (χ3n) is 5.21. The number of rotatable bonds is 9. The SMILES string of the molecule is COc1cccc(CN(Cc2ccc3c(c2)OCO3)C(=O)COc2c(Cl)cccc2C(=O)O)c1. The van der Waals surface area contributed by atoms with Crippen LogP contribution in [0.3, 0.4) is 0 Å². The number of carboxylic acid groups (broad SMARTS) is 1. The van der Waals surface area contributed by atoms with Gasteiger partial charge in [-0.3, -0.25) is 4.79 Å². The number of hydrogen-bond acceptors (Lipinski definition) is 6. The van der Waals surface area contributed by atoms with Crippen molar-refractivity contribution < 1.29 is 33.6 Å². The van der Waals surface area contributed by atoms with E-state index in [0.717, 1.165) is 11.1 Å². The molecule has 0 bridgehead atoms. The fourth-order valence-corrected chi connectivity index (χ4v) is 3.76. The van der Waals surface area contributed by atoms with Gasteiger partial charge in [0.15, 0.2) is 23.9 Å². The highest BCUT2D eigenvalue weighted by Gasteiger charge is 2.21. The number of amides is 1. The van der Waals surface area contributed by atoms with Crippen LogP contribution in [0.15, 0.2) is 60.7 Å². The molecule has 4 rings (SSSR count). The van der Waals surface area contributed by atoms with Crippen molar-refractivity contribution in [2.45, 2.75) is 13.1 Å². The maximum atomic E-state index is 13.2. The van der Waals surface area contributed by atoms with E-state index in [1.165, 1.54) is 18.2 Å². The number of para-hydroxylation sites is 1. The van der Waals surface area contributed by atoms with E-state index in [4.69, 9.17) is 30.5 Å². The number of hydrogen-bond donors (Lipinski definition) is 1. The molecule has 0 radical (unpaired) electrons. The number of halogens is 1. The third kappa shape index (κ3) is 5.35. The Morgan fingerprint density at radius 2 is 1.74 bits per heavy atom. The van der Waals surface area contributed by atoms with Crippen molar-refractivity contribution in [3.8, 4) is 23.0 Å². The Morgan fingerprint density at radius 1 is 1.00 bits per heavy atom. The lowest BCUT2D eigenvalue weighted by Gasteiger charge is -2.24. The molecule has 0 saturated heterocycles. The summed E-state index contributed by atoms with van der Waals surface area (Å²) >= 11 is 6.13. The summed E-state index contributed by atoms with van der Waals surface area (Å²) in [7, 11) is 1.58. The summed E-state index contributed by atoms with van der Waals surface area (Å²) < 4.78 is 21.7. The van der Waals surface area contributed by atoms with Crippen LogP contribution in [0, 0.1) is 0 Å². The van der Waals surface area contributed by atoms with Crippen LogP contribution < -0.4 is 18.9 Å². The van der Waals surface area contributed by atoms with Gasteiger partial charge in [-0.05, 0) is 47.5 Å². The van der Waals surface area contributed by atoms with Crippen LogP contribution in [-0.2, 0) is 17.9 Å². The van der Waals surface area contributed by atoms with Crippen molar-refractivity contribution in [2.24, 2.45) is 0 Å². The molecule has 1 aliphatic rings. The third-order valence-corrected chi connectivity index (χ3v) is 5.51. The van der Waals surface area contributed by atoms with Gasteiger partial charge in [-0.2, -0.15) is 0 Å². The Bertz CT molecular complexity index is 1210. The van der Waals surface area contributed by atoms with Gasteiger partial charge in [0.05, 0.1) is 12.1 Å². The summed E-state index contributed by atoms with van der Waals surface area (Å²) in [6.45, 7) is 0.313. The molecule has 8 nitrogen and oxygen atoms in total. The summed E-state index contributed by atoms with van der Waals surface area (Å²) in [6.07, 6.45) is 0. The first-order valence-corrected chi connectivity index (χ1v) is 10.8. The van der Waals surface area contributed by atoms with Gasteiger partial charge in [-0.1, -0.05) is 35.9 Å². The monoisotopic (exact) mass is 483 g/mol. The smallest absolute Gasteiger partial charge is 0.339 e. The van der Waals surface area contributed by atoms with Crippen LogP contribution >= 0.6 is 11.6 Å². The number of carbonyl (C=O) groups is 2. The number of carboxylic acids is 1. The zero-order valence-corrected chi connectivity index (χ0v) is 19.1. The molecule has 0 atom stereocenters. The summed E-state index contributed by atoms with van der Waals surface area (Å²) in [4.78, 5) is 26.4. The molecule has 1 N–H and O–H groups in total. The van der Waals surface area contributed by atoms with E-state index in [1.54, 1.807) is 18.1 Å². The maximum absolute atomic E-state index is 13.2. The Balaban J connectivity index is 1.55. The molecule has 1 amide bonds. The minimum absolute atomic E-state index is 0.0468. The molecule has 3 aromatic carbocycles. The molecule has 3 aromatic rings. The Morgan fingerprint density at radius 3 is 2.50 bits per heavy atom. The Hall–Kier alpha value is -3.91. The second-order valence-electron chi connectivity index (χ2n) is 7.50. The van der Waals surface area contributed by atoms with Gasteiger partial charge in [0.2, 0.25) is 6.79 Å². The Labute approximate surface area is 201 Å². The number of methoxy groups -OCH3 is 1. The average molecular weight is 484 g/mol. The first kappa shape index (κ1) is 23.3. The van der Waals surface area contributed by atoms with E-state index in [0.29, 0.717) is 17.2 Å². The van der Waals surface area contributed by atoms with Crippen molar-refractivity contribution in [1.29, 1.82) is 0 Å². The molecule has 1 aliphatic heterocycles. The minimum Gasteiger partial charge on any atom is -0.497 e. The fraction of sp³-hybridized carbons (Fsp3) is 0.200. The van der Waals surface area contributed by atoms with E-state index in [2.05, 4.69) is 0 Å². The maximum Gasteiger partial charge on any atom is 0.339 e. The van der Waals surface area contributed by atoms with Gasteiger partial charge >= 0.3 is 5.97 Å². The molecule has 0 aromatic heterocycles. The zero-order valence-electron chi connectivity index (χ0n) is 18.3. The molecule has 0 saturated carbocycles. The molecule has 34 heavy (non-hydrogen) atoms. The van der Waals surface area contributed by atoms with Crippen LogP contribution in [0.4, 0.5) is 0 Å². The van der Waals surface area contributed by atoms with Crippen molar-refractivity contribution in [3.63, 3.8) is 0 Å². The lowest BCUT2D eigenvalue weighted by Crippen LogP contribution is -2.34. The fourth-order valence-electron chi connectivity index (χ4n) is 3.53. The molecule has 176 valence electrons. The van der Waals surface area contributed by atoms with Gasteiger partial charge < -0.3 is 29.0 Å². The van der Waals surface area contributed by atoms with E-state index in [-0.39, 0.29) is 42.1 Å². The summed E-state index contributed by atoms with van der Waals surface area (Å²) in [5, 5.41) is 9.53. The van der Waals surface area contributed by atoms with E-state index in [9.17, 15) is 14.7 Å². The van der Waals surface area contributed by atoms with Gasteiger partial charge in [-0.25, -0.2) is 4.79 Å². The predicted molar refractivity (Wildman–Crippen MR) is 124 cm³/mol. The number of ether oxygens (including phenoxy) is 4. The average Bonchev–Trinajstić information content (AvgIpc) is 3.30. The van der Waals surface area contributed by atoms with E-state index >= 15 is 0 Å². The van der Waals surface area contributed by atoms with Crippen LogP contribution in [-0.4, -0.2) is 42.4 Å². The van der Waals surface area contributed by atoms with Crippen molar-refractivity contribution in [1.82, 2.24) is 4.90 Å². The standard InChI is InChI=1S/C25H22ClNO7/c1-31-18-5-2-4-16(10-18)12-27(13-17-8-9-21-22(11-17)34-15-33-21)23(28)14-32-24-19(25(29)30)6-3-7-20(24)26/h2-11H,12-15H2,1H3,(H,29,30). The topological polar surface area (TPSA) is 94.5 Å². The van der Waals surface area contributed by atoms with Gasteiger partial charge in [0.25, 0.3) is 5.91 Å². The van der Waals surface area contributed by atoms with Crippen LogP contribution in [0.25, 0.3) is 0 Å².